The lowest BCUT2D eigenvalue weighted by Gasteiger charge is -2.23. The van der Waals surface area contributed by atoms with E-state index in [9.17, 15) is 14.7 Å². The summed E-state index contributed by atoms with van der Waals surface area (Å²) in [5, 5.41) is 10.6. The van der Waals surface area contributed by atoms with Gasteiger partial charge in [0.1, 0.15) is 5.58 Å². The molecule has 1 saturated carbocycles. The fraction of sp³-hybridized carbons (Fsp3) is 0.474. The van der Waals surface area contributed by atoms with Gasteiger partial charge in [0.05, 0.1) is 12.0 Å². The smallest absolute Gasteiger partial charge is 0.311 e. The van der Waals surface area contributed by atoms with Crippen molar-refractivity contribution < 1.29 is 23.8 Å². The number of fused-ring (bicyclic) bond motifs is 2. The minimum Gasteiger partial charge on any atom is -0.481 e. The van der Waals surface area contributed by atoms with E-state index >= 15 is 0 Å². The molecule has 1 amide bonds. The summed E-state index contributed by atoms with van der Waals surface area (Å²) in [6.07, 6.45) is 2.42. The Labute approximate surface area is 145 Å². The number of carbonyl (C=O) groups excluding carboxylic acids is 1. The van der Waals surface area contributed by atoms with E-state index in [0.717, 1.165) is 23.8 Å². The molecule has 1 N–H and O–H groups in total. The van der Waals surface area contributed by atoms with Crippen molar-refractivity contribution >= 4 is 22.8 Å². The molecule has 2 heterocycles. The first-order valence-corrected chi connectivity index (χ1v) is 8.59. The Balaban J connectivity index is 1.69. The van der Waals surface area contributed by atoms with Crippen molar-refractivity contribution in [3.8, 4) is 0 Å². The molecule has 0 radical (unpaired) electrons. The Hall–Kier alpha value is -2.34. The largest absolute Gasteiger partial charge is 0.481 e. The topological polar surface area (TPSA) is 80.0 Å². The van der Waals surface area contributed by atoms with Crippen LogP contribution >= 0.6 is 0 Å². The van der Waals surface area contributed by atoms with E-state index in [2.05, 4.69) is 0 Å². The number of carbonyl (C=O) groups is 2. The van der Waals surface area contributed by atoms with Crippen LogP contribution in [0.3, 0.4) is 0 Å². The molecule has 0 bridgehead atoms. The number of nitrogens with zero attached hydrogens (tertiary/aromatic N) is 1. The minimum absolute atomic E-state index is 0.0317. The lowest BCUT2D eigenvalue weighted by molar-refractivity contribution is -0.149. The van der Waals surface area contributed by atoms with Crippen LogP contribution in [0.15, 0.2) is 28.7 Å². The summed E-state index contributed by atoms with van der Waals surface area (Å²) in [5.41, 5.74) is 0.582. The molecule has 2 fully saturated rings. The molecule has 2 aliphatic rings. The molecule has 1 saturated heterocycles. The lowest BCUT2D eigenvalue weighted by Crippen LogP contribution is -2.37. The Morgan fingerprint density at radius 1 is 1.40 bits per heavy atom. The number of likely N-dealkylation sites (tertiary alicyclic amines) is 1. The molecule has 2 aromatic rings. The first-order chi connectivity index (χ1) is 12.1. The fourth-order valence-corrected chi connectivity index (χ4v) is 4.50. The number of carboxylic acid groups (broad SMARTS) is 1. The van der Waals surface area contributed by atoms with E-state index in [-0.39, 0.29) is 30.7 Å². The van der Waals surface area contributed by atoms with Crippen molar-refractivity contribution in [3.63, 3.8) is 0 Å². The molecule has 1 aromatic carbocycles. The van der Waals surface area contributed by atoms with Crippen molar-refractivity contribution in [1.29, 1.82) is 0 Å². The second-order valence-corrected chi connectivity index (χ2v) is 7.08. The average Bonchev–Trinajstić information content (AvgIpc) is 3.25. The Morgan fingerprint density at radius 3 is 2.92 bits per heavy atom. The van der Waals surface area contributed by atoms with E-state index in [1.807, 2.05) is 24.3 Å². The van der Waals surface area contributed by atoms with Gasteiger partial charge in [-0.25, -0.2) is 0 Å². The van der Waals surface area contributed by atoms with Crippen LogP contribution in [0.1, 0.15) is 35.4 Å². The first kappa shape index (κ1) is 16.1. The van der Waals surface area contributed by atoms with Gasteiger partial charge in [-0.05, 0) is 24.8 Å². The number of rotatable bonds is 4. The monoisotopic (exact) mass is 343 g/mol. The van der Waals surface area contributed by atoms with Gasteiger partial charge in [-0.2, -0.15) is 0 Å². The van der Waals surface area contributed by atoms with Crippen LogP contribution in [0, 0.1) is 11.3 Å². The number of methoxy groups -OCH3 is 1. The van der Waals surface area contributed by atoms with Crippen LogP contribution in [0.2, 0.25) is 0 Å². The standard InChI is InChI=1S/C19H21NO5/c1-24-10-14-13-6-2-3-7-15(13)25-16(14)17(21)20-9-12-5-4-8-19(12,11-20)18(22)23/h2-3,6-7,12H,4-5,8-11H2,1H3,(H,22,23)/t12-,19+/m0/s1. The van der Waals surface area contributed by atoms with Crippen molar-refractivity contribution in [2.45, 2.75) is 25.9 Å². The highest BCUT2D eigenvalue weighted by molar-refractivity contribution is 5.99. The number of benzene rings is 1. The molecule has 6 nitrogen and oxygen atoms in total. The van der Waals surface area contributed by atoms with Crippen LogP contribution < -0.4 is 0 Å². The van der Waals surface area contributed by atoms with Gasteiger partial charge in [0.25, 0.3) is 5.91 Å². The SMILES string of the molecule is COCc1c(C(=O)N2C[C@@H]3CCC[C@@]3(C(=O)O)C2)oc2ccccc12. The van der Waals surface area contributed by atoms with Crippen LogP contribution in [0.25, 0.3) is 11.0 Å². The second-order valence-electron chi connectivity index (χ2n) is 7.08. The number of para-hydroxylation sites is 1. The van der Waals surface area contributed by atoms with Gasteiger partial charge in [0.15, 0.2) is 5.76 Å². The van der Waals surface area contributed by atoms with Crippen LogP contribution in [-0.4, -0.2) is 42.1 Å². The van der Waals surface area contributed by atoms with E-state index < -0.39 is 11.4 Å². The van der Waals surface area contributed by atoms with E-state index in [4.69, 9.17) is 9.15 Å². The Morgan fingerprint density at radius 2 is 2.20 bits per heavy atom. The summed E-state index contributed by atoms with van der Waals surface area (Å²) >= 11 is 0. The predicted octanol–water partition coefficient (Wildman–Crippen LogP) is 2.91. The number of hydrogen-bond donors (Lipinski definition) is 1. The molecule has 4 rings (SSSR count). The van der Waals surface area contributed by atoms with E-state index in [0.29, 0.717) is 18.5 Å². The molecule has 1 aromatic heterocycles. The Kier molecular flexibility index (Phi) is 3.80. The minimum atomic E-state index is -0.789. The third-order valence-electron chi connectivity index (χ3n) is 5.77. The third-order valence-corrected chi connectivity index (χ3v) is 5.77. The highest BCUT2D eigenvalue weighted by atomic mass is 16.5. The van der Waals surface area contributed by atoms with Crippen LogP contribution in [0.5, 0.6) is 0 Å². The van der Waals surface area contributed by atoms with Gasteiger partial charge in [0.2, 0.25) is 0 Å². The summed E-state index contributed by atoms with van der Waals surface area (Å²) in [6, 6.07) is 7.48. The Bertz CT molecular complexity index is 841. The maximum atomic E-state index is 13.1. The highest BCUT2D eigenvalue weighted by Gasteiger charge is 2.56. The van der Waals surface area contributed by atoms with Gasteiger partial charge in [-0.3, -0.25) is 9.59 Å². The number of ether oxygens (including phenoxy) is 1. The summed E-state index contributed by atoms with van der Waals surface area (Å²) in [4.78, 5) is 26.6. The average molecular weight is 343 g/mol. The zero-order valence-corrected chi connectivity index (χ0v) is 14.2. The van der Waals surface area contributed by atoms with Crippen molar-refractivity contribution in [2.75, 3.05) is 20.2 Å². The van der Waals surface area contributed by atoms with Gasteiger partial charge in [-0.15, -0.1) is 0 Å². The van der Waals surface area contributed by atoms with Gasteiger partial charge >= 0.3 is 5.97 Å². The van der Waals surface area contributed by atoms with Crippen molar-refractivity contribution in [3.05, 3.63) is 35.6 Å². The molecule has 132 valence electrons. The van der Waals surface area contributed by atoms with E-state index in [1.165, 1.54) is 0 Å². The summed E-state index contributed by atoms with van der Waals surface area (Å²) in [6.45, 7) is 1.02. The second kappa shape index (κ2) is 5.88. The fourth-order valence-electron chi connectivity index (χ4n) is 4.50. The molecular formula is C19H21NO5. The molecule has 0 spiro atoms. The van der Waals surface area contributed by atoms with Crippen molar-refractivity contribution in [2.24, 2.45) is 11.3 Å². The molecule has 1 aliphatic heterocycles. The zero-order chi connectivity index (χ0) is 17.6. The molecule has 25 heavy (non-hydrogen) atoms. The van der Waals surface area contributed by atoms with Gasteiger partial charge in [0, 0.05) is 31.1 Å². The van der Waals surface area contributed by atoms with Gasteiger partial charge < -0.3 is 19.2 Å². The quantitative estimate of drug-likeness (QED) is 0.923. The normalized spacial score (nSPS) is 25.5. The molecule has 1 aliphatic carbocycles. The number of amides is 1. The maximum absolute atomic E-state index is 13.1. The van der Waals surface area contributed by atoms with Crippen LogP contribution in [-0.2, 0) is 16.1 Å². The highest BCUT2D eigenvalue weighted by Crippen LogP contribution is 2.49. The maximum Gasteiger partial charge on any atom is 0.311 e. The molecule has 2 atom stereocenters. The molecule has 6 heteroatoms. The predicted molar refractivity (Wildman–Crippen MR) is 90.2 cm³/mol. The first-order valence-electron chi connectivity index (χ1n) is 8.59. The lowest BCUT2D eigenvalue weighted by atomic mass is 9.81. The number of furan rings is 1. The third kappa shape index (κ3) is 2.35. The van der Waals surface area contributed by atoms with Crippen LogP contribution in [0.4, 0.5) is 0 Å². The molecular weight excluding hydrogens is 322 g/mol. The number of carboxylic acids is 1. The number of hydrogen-bond acceptors (Lipinski definition) is 4. The number of aliphatic carboxylic acids is 1. The molecule has 0 unspecified atom stereocenters. The summed E-state index contributed by atoms with van der Waals surface area (Å²) < 4.78 is 11.1. The van der Waals surface area contributed by atoms with Gasteiger partial charge in [-0.1, -0.05) is 24.6 Å². The summed E-state index contributed by atoms with van der Waals surface area (Å²) in [7, 11) is 1.58. The zero-order valence-electron chi connectivity index (χ0n) is 14.2. The summed E-state index contributed by atoms with van der Waals surface area (Å²) in [5.74, 6) is -0.724. The van der Waals surface area contributed by atoms with Crippen molar-refractivity contribution in [1.82, 2.24) is 4.90 Å². The van der Waals surface area contributed by atoms with E-state index in [1.54, 1.807) is 12.0 Å².